The molecule has 0 saturated heterocycles. The van der Waals surface area contributed by atoms with E-state index in [0.717, 1.165) is 51.4 Å². The average molecular weight is 330 g/mol. The Morgan fingerprint density at radius 3 is 2.62 bits per heavy atom. The van der Waals surface area contributed by atoms with Crippen LogP contribution in [0.1, 0.15) is 19.3 Å². The zero-order valence-electron chi connectivity index (χ0n) is 14.2. The molecule has 0 unspecified atom stereocenters. The van der Waals surface area contributed by atoms with Crippen LogP contribution >= 0.6 is 0 Å². The number of rotatable bonds is 9. The minimum Gasteiger partial charge on any atom is -0.356 e. The van der Waals surface area contributed by atoms with E-state index in [2.05, 4.69) is 20.7 Å². The molecule has 0 fully saturated rings. The van der Waals surface area contributed by atoms with Gasteiger partial charge in [0.2, 0.25) is 5.56 Å². The Balaban J connectivity index is 1.55. The Kier molecular flexibility index (Phi) is 7.59. The molecule has 0 spiro atoms. The summed E-state index contributed by atoms with van der Waals surface area (Å²) in [5, 5.41) is 10.8. The number of aromatic nitrogens is 3. The summed E-state index contributed by atoms with van der Waals surface area (Å²) in [7, 11) is 1.77. The van der Waals surface area contributed by atoms with Gasteiger partial charge in [-0.1, -0.05) is 6.07 Å². The number of pyridine rings is 1. The first-order valence-electron chi connectivity index (χ1n) is 8.37. The fourth-order valence-electron chi connectivity index (χ4n) is 2.36. The second kappa shape index (κ2) is 10.3. The van der Waals surface area contributed by atoms with Crippen LogP contribution in [0.25, 0.3) is 0 Å². The van der Waals surface area contributed by atoms with Crippen molar-refractivity contribution in [2.75, 3.05) is 20.1 Å². The van der Waals surface area contributed by atoms with E-state index in [-0.39, 0.29) is 5.56 Å². The van der Waals surface area contributed by atoms with E-state index in [4.69, 9.17) is 0 Å². The molecule has 0 bridgehead atoms. The topological polar surface area (TPSA) is 76.2 Å². The average Bonchev–Trinajstić information content (AvgIpc) is 3.11. The molecule has 7 nitrogen and oxygen atoms in total. The maximum Gasteiger partial charge on any atom is 0.250 e. The number of unbranched alkanes of at least 4 members (excludes halogenated alkanes) is 1. The second-order valence-corrected chi connectivity index (χ2v) is 5.49. The standard InChI is InChI=1S/C17H26N6O/c1-18-17(20-10-6-14-23-15-7-11-21-23)19-9-3-5-13-22-12-4-2-8-16(22)24/h2,4,7-8,11-12,15H,3,5-6,9-10,13-14H2,1H3,(H2,18,19,20). The van der Waals surface area contributed by atoms with Crippen LogP contribution in [0.5, 0.6) is 0 Å². The Labute approximate surface area is 142 Å². The Morgan fingerprint density at radius 2 is 1.92 bits per heavy atom. The van der Waals surface area contributed by atoms with Crippen molar-refractivity contribution in [3.05, 3.63) is 53.2 Å². The SMILES string of the molecule is CN=C(NCCCCn1ccccc1=O)NCCCn1cccn1. The number of guanidine groups is 1. The van der Waals surface area contributed by atoms with Gasteiger partial charge in [0.25, 0.3) is 0 Å². The lowest BCUT2D eigenvalue weighted by Crippen LogP contribution is -2.38. The number of aliphatic imine (C=N–C) groups is 1. The van der Waals surface area contributed by atoms with Crippen molar-refractivity contribution >= 4 is 5.96 Å². The maximum atomic E-state index is 11.6. The summed E-state index contributed by atoms with van der Waals surface area (Å²) in [5.41, 5.74) is 0.0557. The lowest BCUT2D eigenvalue weighted by molar-refractivity contribution is 0.565. The highest BCUT2D eigenvalue weighted by Gasteiger charge is 1.98. The molecular formula is C17H26N6O. The summed E-state index contributed by atoms with van der Waals surface area (Å²) >= 11 is 0. The van der Waals surface area contributed by atoms with Gasteiger partial charge in [-0.2, -0.15) is 5.10 Å². The van der Waals surface area contributed by atoms with Gasteiger partial charge in [0.15, 0.2) is 5.96 Å². The summed E-state index contributed by atoms with van der Waals surface area (Å²) in [6.45, 7) is 3.32. The molecule has 0 aliphatic carbocycles. The second-order valence-electron chi connectivity index (χ2n) is 5.49. The lowest BCUT2D eigenvalue weighted by atomic mass is 10.3. The van der Waals surface area contributed by atoms with E-state index in [1.54, 1.807) is 29.9 Å². The highest BCUT2D eigenvalue weighted by atomic mass is 16.1. The van der Waals surface area contributed by atoms with E-state index in [1.807, 2.05) is 29.2 Å². The third-order valence-electron chi connectivity index (χ3n) is 3.66. The van der Waals surface area contributed by atoms with Gasteiger partial charge < -0.3 is 15.2 Å². The molecule has 2 rings (SSSR count). The molecule has 0 aliphatic heterocycles. The summed E-state index contributed by atoms with van der Waals surface area (Å²) in [6, 6.07) is 7.17. The molecule has 2 aromatic heterocycles. The fraction of sp³-hybridized carbons (Fsp3) is 0.471. The van der Waals surface area contributed by atoms with Gasteiger partial charge in [-0.25, -0.2) is 0 Å². The minimum atomic E-state index is 0.0557. The molecule has 2 aromatic rings. The minimum absolute atomic E-state index is 0.0557. The molecule has 7 heteroatoms. The van der Waals surface area contributed by atoms with Crippen LogP contribution in [0, 0.1) is 0 Å². The Hall–Kier alpha value is -2.57. The number of hydrogen-bond donors (Lipinski definition) is 2. The van der Waals surface area contributed by atoms with Gasteiger partial charge >= 0.3 is 0 Å². The Morgan fingerprint density at radius 1 is 1.08 bits per heavy atom. The normalized spacial score (nSPS) is 11.5. The van der Waals surface area contributed by atoms with E-state index in [1.165, 1.54) is 0 Å². The summed E-state index contributed by atoms with van der Waals surface area (Å²) in [6.07, 6.45) is 8.50. The summed E-state index contributed by atoms with van der Waals surface area (Å²) < 4.78 is 3.66. The van der Waals surface area contributed by atoms with Crippen LogP contribution in [0.4, 0.5) is 0 Å². The highest BCUT2D eigenvalue weighted by molar-refractivity contribution is 5.79. The number of nitrogens with one attached hydrogen (secondary N) is 2. The summed E-state index contributed by atoms with van der Waals surface area (Å²) in [5.74, 6) is 0.812. The maximum absolute atomic E-state index is 11.6. The first-order valence-corrected chi connectivity index (χ1v) is 8.37. The van der Waals surface area contributed by atoms with Crippen LogP contribution < -0.4 is 16.2 Å². The van der Waals surface area contributed by atoms with Crippen molar-refractivity contribution in [3.8, 4) is 0 Å². The summed E-state index contributed by atoms with van der Waals surface area (Å²) in [4.78, 5) is 15.8. The molecule has 24 heavy (non-hydrogen) atoms. The van der Waals surface area contributed by atoms with Crippen molar-refractivity contribution in [2.45, 2.75) is 32.4 Å². The van der Waals surface area contributed by atoms with Crippen molar-refractivity contribution in [1.29, 1.82) is 0 Å². The molecule has 0 saturated carbocycles. The molecule has 130 valence electrons. The Bertz CT molecular complexity index is 662. The molecule has 0 radical (unpaired) electrons. The molecule has 2 heterocycles. The van der Waals surface area contributed by atoms with Crippen LogP contribution in [0.15, 0.2) is 52.6 Å². The molecular weight excluding hydrogens is 304 g/mol. The van der Waals surface area contributed by atoms with Gasteiger partial charge in [-0.15, -0.1) is 0 Å². The fourth-order valence-corrected chi connectivity index (χ4v) is 2.36. The zero-order chi connectivity index (χ0) is 17.0. The largest absolute Gasteiger partial charge is 0.356 e. The van der Waals surface area contributed by atoms with Crippen LogP contribution in [-0.4, -0.2) is 40.4 Å². The number of hydrogen-bond acceptors (Lipinski definition) is 3. The van der Waals surface area contributed by atoms with Crippen molar-refractivity contribution in [2.24, 2.45) is 4.99 Å². The third kappa shape index (κ3) is 6.28. The van der Waals surface area contributed by atoms with Gasteiger partial charge in [0.1, 0.15) is 0 Å². The van der Waals surface area contributed by atoms with Crippen molar-refractivity contribution in [1.82, 2.24) is 25.0 Å². The van der Waals surface area contributed by atoms with Gasteiger partial charge in [0, 0.05) is 57.9 Å². The molecule has 0 amide bonds. The predicted molar refractivity (Wildman–Crippen MR) is 96.1 cm³/mol. The monoisotopic (exact) mass is 330 g/mol. The van der Waals surface area contributed by atoms with Gasteiger partial charge in [0.05, 0.1) is 0 Å². The van der Waals surface area contributed by atoms with Crippen molar-refractivity contribution in [3.63, 3.8) is 0 Å². The van der Waals surface area contributed by atoms with Gasteiger partial charge in [-0.05, 0) is 31.4 Å². The smallest absolute Gasteiger partial charge is 0.250 e. The lowest BCUT2D eigenvalue weighted by Gasteiger charge is -2.12. The number of aryl methyl sites for hydroxylation is 2. The molecule has 0 aromatic carbocycles. The van der Waals surface area contributed by atoms with Crippen LogP contribution in [0.3, 0.4) is 0 Å². The highest BCUT2D eigenvalue weighted by Crippen LogP contribution is 1.92. The first-order chi connectivity index (χ1) is 11.8. The first kappa shape index (κ1) is 17.8. The third-order valence-corrected chi connectivity index (χ3v) is 3.66. The molecule has 0 atom stereocenters. The van der Waals surface area contributed by atoms with E-state index in [9.17, 15) is 4.79 Å². The van der Waals surface area contributed by atoms with Gasteiger partial charge in [-0.3, -0.25) is 14.5 Å². The van der Waals surface area contributed by atoms with E-state index in [0.29, 0.717) is 0 Å². The molecule has 0 aliphatic rings. The molecule has 2 N–H and O–H groups in total. The zero-order valence-corrected chi connectivity index (χ0v) is 14.2. The quantitative estimate of drug-likeness (QED) is 0.410. The van der Waals surface area contributed by atoms with Crippen LogP contribution in [0.2, 0.25) is 0 Å². The van der Waals surface area contributed by atoms with E-state index >= 15 is 0 Å². The van der Waals surface area contributed by atoms with Crippen molar-refractivity contribution < 1.29 is 0 Å². The van der Waals surface area contributed by atoms with Crippen LogP contribution in [-0.2, 0) is 13.1 Å². The predicted octanol–water partition coefficient (Wildman–Crippen LogP) is 1.08. The number of nitrogens with zero attached hydrogens (tertiary/aromatic N) is 4. The van der Waals surface area contributed by atoms with E-state index < -0.39 is 0 Å².